The van der Waals surface area contributed by atoms with Gasteiger partial charge in [0.05, 0.1) is 18.7 Å². The molecule has 0 saturated carbocycles. The van der Waals surface area contributed by atoms with Crippen molar-refractivity contribution in [1.29, 1.82) is 0 Å². The molecule has 120 valence electrons. The summed E-state index contributed by atoms with van der Waals surface area (Å²) in [6.45, 7) is 0.138. The largest absolute Gasteiger partial charge is 0.495 e. The monoisotopic (exact) mass is 371 g/mol. The minimum Gasteiger partial charge on any atom is -0.495 e. The number of hydrogen-bond acceptors (Lipinski definition) is 3. The first-order chi connectivity index (χ1) is 11.0. The molecule has 1 heterocycles. The Hall–Kier alpha value is -1.40. The normalized spacial score (nSPS) is 17.2. The summed E-state index contributed by atoms with van der Waals surface area (Å²) in [6.07, 6.45) is -0.751. The van der Waals surface area contributed by atoms with Gasteiger partial charge >= 0.3 is 0 Å². The van der Waals surface area contributed by atoms with E-state index in [0.717, 1.165) is 0 Å². The highest BCUT2D eigenvalue weighted by molar-refractivity contribution is 7.80. The summed E-state index contributed by atoms with van der Waals surface area (Å²) < 4.78 is 25.4. The Morgan fingerprint density at radius 3 is 2.83 bits per heavy atom. The molecule has 7 heteroatoms. The maximum Gasteiger partial charge on any atom is 0.138 e. The van der Waals surface area contributed by atoms with Crippen molar-refractivity contribution >= 4 is 46.1 Å². The molecule has 0 saturated heterocycles. The lowest BCUT2D eigenvalue weighted by atomic mass is 9.98. The number of rotatable bonds is 2. The highest BCUT2D eigenvalue weighted by Gasteiger charge is 2.29. The molecule has 1 unspecified atom stereocenters. The van der Waals surface area contributed by atoms with E-state index in [1.807, 2.05) is 0 Å². The molecule has 1 atom stereocenters. The summed E-state index contributed by atoms with van der Waals surface area (Å²) in [5, 5.41) is 3.74. The maximum atomic E-state index is 14.5. The first-order valence-electron chi connectivity index (χ1n) is 6.74. The van der Waals surface area contributed by atoms with Gasteiger partial charge in [-0.15, -0.1) is 0 Å². The highest BCUT2D eigenvalue weighted by atomic mass is 35.5. The molecular weight excluding hydrogens is 360 g/mol. The van der Waals surface area contributed by atoms with Crippen molar-refractivity contribution in [1.82, 2.24) is 0 Å². The molecule has 1 aliphatic rings. The fourth-order valence-corrected chi connectivity index (χ4v) is 3.17. The summed E-state index contributed by atoms with van der Waals surface area (Å²) in [5.74, 6) is -0.116. The van der Waals surface area contributed by atoms with Gasteiger partial charge in [0.2, 0.25) is 0 Å². The molecule has 0 fully saturated rings. The van der Waals surface area contributed by atoms with Crippen LogP contribution in [0.3, 0.4) is 0 Å². The van der Waals surface area contributed by atoms with Crippen LogP contribution in [0.4, 0.5) is 10.1 Å². The Bertz CT molecular complexity index is 785. The third kappa shape index (κ3) is 3.15. The van der Waals surface area contributed by atoms with Gasteiger partial charge in [-0.2, -0.15) is 0 Å². The number of halogens is 3. The molecular formula is C16H12Cl2FNO2S. The molecule has 2 aromatic carbocycles. The Kier molecular flexibility index (Phi) is 4.73. The molecule has 23 heavy (non-hydrogen) atoms. The maximum absolute atomic E-state index is 14.5. The van der Waals surface area contributed by atoms with Crippen molar-refractivity contribution in [3.8, 4) is 5.75 Å². The summed E-state index contributed by atoms with van der Waals surface area (Å²) in [7, 11) is 1.47. The summed E-state index contributed by atoms with van der Waals surface area (Å²) >= 11 is 17.6. The van der Waals surface area contributed by atoms with E-state index < -0.39 is 11.9 Å². The zero-order valence-corrected chi connectivity index (χ0v) is 14.4. The van der Waals surface area contributed by atoms with Crippen molar-refractivity contribution in [2.24, 2.45) is 0 Å². The third-order valence-corrected chi connectivity index (χ3v) is 4.37. The van der Waals surface area contributed by atoms with Crippen LogP contribution in [0.2, 0.25) is 10.0 Å². The number of thiocarbonyl (C=S) groups is 1. The van der Waals surface area contributed by atoms with E-state index in [-0.39, 0.29) is 17.2 Å². The van der Waals surface area contributed by atoms with E-state index in [1.165, 1.54) is 19.2 Å². The smallest absolute Gasteiger partial charge is 0.138 e. The van der Waals surface area contributed by atoms with Crippen LogP contribution in [0.5, 0.6) is 5.75 Å². The average molecular weight is 372 g/mol. The molecule has 0 aliphatic carbocycles. The number of fused-ring (bicyclic) bond motifs is 1. The van der Waals surface area contributed by atoms with Crippen LogP contribution >= 0.6 is 35.4 Å². The Morgan fingerprint density at radius 1 is 1.30 bits per heavy atom. The van der Waals surface area contributed by atoms with Crippen LogP contribution in [-0.2, 0) is 4.74 Å². The lowest BCUT2D eigenvalue weighted by molar-refractivity contribution is 0.113. The quantitative estimate of drug-likeness (QED) is 0.752. The Balaban J connectivity index is 2.21. The van der Waals surface area contributed by atoms with Crippen molar-refractivity contribution in [3.63, 3.8) is 0 Å². The molecule has 3 nitrogen and oxygen atoms in total. The van der Waals surface area contributed by atoms with Gasteiger partial charge < -0.3 is 14.8 Å². The fraction of sp³-hybridized carbons (Fsp3) is 0.188. The lowest BCUT2D eigenvalue weighted by Crippen LogP contribution is -2.14. The highest BCUT2D eigenvalue weighted by Crippen LogP contribution is 2.42. The van der Waals surface area contributed by atoms with Gasteiger partial charge in [-0.3, -0.25) is 0 Å². The van der Waals surface area contributed by atoms with E-state index in [4.69, 9.17) is 44.9 Å². The van der Waals surface area contributed by atoms with Crippen molar-refractivity contribution in [3.05, 3.63) is 57.3 Å². The van der Waals surface area contributed by atoms with Gasteiger partial charge in [0.25, 0.3) is 0 Å². The minimum atomic E-state index is -0.751. The molecule has 0 radical (unpaired) electrons. The first-order valence-corrected chi connectivity index (χ1v) is 7.90. The topological polar surface area (TPSA) is 30.5 Å². The molecule has 0 spiro atoms. The van der Waals surface area contributed by atoms with Crippen molar-refractivity contribution in [2.45, 2.75) is 6.10 Å². The molecule has 1 N–H and O–H groups in total. The number of methoxy groups -OCH3 is 1. The van der Waals surface area contributed by atoms with E-state index in [1.54, 1.807) is 18.2 Å². The van der Waals surface area contributed by atoms with Gasteiger partial charge in [-0.1, -0.05) is 35.4 Å². The van der Waals surface area contributed by atoms with Crippen LogP contribution in [0.1, 0.15) is 17.2 Å². The minimum absolute atomic E-state index is 0.138. The number of nitrogens with one attached hydrogen (secondary N) is 1. The van der Waals surface area contributed by atoms with Crippen LogP contribution in [0.15, 0.2) is 30.3 Å². The Morgan fingerprint density at radius 2 is 2.09 bits per heavy atom. The number of hydrogen-bond donors (Lipinski definition) is 1. The summed E-state index contributed by atoms with van der Waals surface area (Å²) in [5.41, 5.74) is 1.56. The van der Waals surface area contributed by atoms with Crippen LogP contribution in [0.25, 0.3) is 0 Å². The van der Waals surface area contributed by atoms with Crippen LogP contribution < -0.4 is 10.1 Å². The third-order valence-electron chi connectivity index (χ3n) is 3.52. The first kappa shape index (κ1) is 16.5. The fourth-order valence-electron chi connectivity index (χ4n) is 2.49. The number of benzene rings is 2. The zero-order chi connectivity index (χ0) is 16.6. The summed E-state index contributed by atoms with van der Waals surface area (Å²) in [4.78, 5) is 0.496. The Labute approximate surface area is 148 Å². The standard InChI is InChI=1S/C16H12Cl2FNO2S/c1-21-12-5-3-10(19)14(15(12)18)16-9-6-8(17)2-4-11(9)20-13(23)7-22-16/h2-6,16H,7H2,1H3,(H,20,23). The molecule has 0 amide bonds. The second-order valence-corrected chi connectivity index (χ2v) is 6.26. The predicted molar refractivity (Wildman–Crippen MR) is 93.4 cm³/mol. The van der Waals surface area contributed by atoms with Gasteiger partial charge in [-0.25, -0.2) is 4.39 Å². The second kappa shape index (κ2) is 6.61. The SMILES string of the molecule is COc1ccc(F)c(C2OCC(=S)Nc3ccc(Cl)cc32)c1Cl. The van der Waals surface area contributed by atoms with Crippen molar-refractivity contribution < 1.29 is 13.9 Å². The zero-order valence-electron chi connectivity index (χ0n) is 12.0. The van der Waals surface area contributed by atoms with Gasteiger partial charge in [0.1, 0.15) is 22.7 Å². The number of ether oxygens (including phenoxy) is 2. The second-order valence-electron chi connectivity index (χ2n) is 4.95. The lowest BCUT2D eigenvalue weighted by Gasteiger charge is -2.21. The molecule has 0 bridgehead atoms. The van der Waals surface area contributed by atoms with E-state index >= 15 is 0 Å². The van der Waals surface area contributed by atoms with E-state index in [9.17, 15) is 4.39 Å². The predicted octanol–water partition coefficient (Wildman–Crippen LogP) is 5.00. The summed E-state index contributed by atoms with van der Waals surface area (Å²) in [6, 6.07) is 7.97. The van der Waals surface area contributed by atoms with Gasteiger partial charge in [0.15, 0.2) is 0 Å². The molecule has 0 aromatic heterocycles. The van der Waals surface area contributed by atoms with Crippen molar-refractivity contribution in [2.75, 3.05) is 19.0 Å². The van der Waals surface area contributed by atoms with Gasteiger partial charge in [0, 0.05) is 21.8 Å². The molecule has 1 aliphatic heterocycles. The van der Waals surface area contributed by atoms with Gasteiger partial charge in [-0.05, 0) is 30.3 Å². The van der Waals surface area contributed by atoms with Crippen LogP contribution in [-0.4, -0.2) is 18.7 Å². The average Bonchev–Trinajstić information content (AvgIpc) is 2.67. The van der Waals surface area contributed by atoms with E-state index in [0.29, 0.717) is 27.0 Å². The molecule has 2 aromatic rings. The molecule has 3 rings (SSSR count). The van der Waals surface area contributed by atoms with E-state index in [2.05, 4.69) is 5.32 Å². The van der Waals surface area contributed by atoms with Crippen LogP contribution in [0, 0.1) is 5.82 Å². The number of anilines is 1.